The fraction of sp³-hybridized carbons (Fsp3) is 0.222. The molecule has 0 saturated carbocycles. The number of nitrogens with one attached hydrogen (secondary N) is 1. The number of nitrogens with zero attached hydrogens (tertiary/aromatic N) is 2. The number of hydrogen-bond acceptors (Lipinski definition) is 5. The van der Waals surface area contributed by atoms with Crippen LogP contribution in [0.1, 0.15) is 25.3 Å². The number of aromatic nitrogens is 1. The van der Waals surface area contributed by atoms with E-state index in [0.717, 1.165) is 46.1 Å². The molecule has 0 aliphatic rings. The lowest BCUT2D eigenvalue weighted by atomic mass is 10.2. The number of thiazole rings is 1. The summed E-state index contributed by atoms with van der Waals surface area (Å²) >= 11 is 1.59. The second-order valence-electron chi connectivity index (χ2n) is 5.10. The summed E-state index contributed by atoms with van der Waals surface area (Å²) in [5, 5.41) is 5.07. The molecule has 3 rings (SSSR count). The Balaban J connectivity index is 1.67. The molecule has 0 aliphatic carbocycles. The van der Waals surface area contributed by atoms with Crippen molar-refractivity contribution in [2.75, 3.05) is 12.0 Å². The standard InChI is InChI=1S/C18H19N3OS/c1-2-3-12-22-16-10-6-4-8-14(16)13-19-21-18-20-15-9-5-7-11-17(15)23-18/h4-11,13H,2-3,12H2,1H3,(H,20,21)/b19-13-. The van der Waals surface area contributed by atoms with Crippen LogP contribution in [0.2, 0.25) is 0 Å². The fourth-order valence-corrected chi connectivity index (χ4v) is 2.94. The number of anilines is 1. The maximum Gasteiger partial charge on any atom is 0.204 e. The zero-order valence-electron chi connectivity index (χ0n) is 13.0. The highest BCUT2D eigenvalue weighted by Crippen LogP contribution is 2.25. The van der Waals surface area contributed by atoms with Crippen molar-refractivity contribution in [1.82, 2.24) is 4.98 Å². The lowest BCUT2D eigenvalue weighted by Gasteiger charge is -2.07. The van der Waals surface area contributed by atoms with E-state index in [1.807, 2.05) is 42.5 Å². The molecule has 0 saturated heterocycles. The van der Waals surface area contributed by atoms with Gasteiger partial charge in [-0.2, -0.15) is 5.10 Å². The molecule has 0 amide bonds. The van der Waals surface area contributed by atoms with Gasteiger partial charge in [-0.1, -0.05) is 48.9 Å². The average molecular weight is 325 g/mol. The third-order valence-electron chi connectivity index (χ3n) is 3.33. The Bertz CT molecular complexity index is 765. The lowest BCUT2D eigenvalue weighted by Crippen LogP contribution is -2.00. The van der Waals surface area contributed by atoms with Crippen LogP contribution in [0.25, 0.3) is 10.2 Å². The van der Waals surface area contributed by atoms with Crippen LogP contribution in [0, 0.1) is 0 Å². The Morgan fingerprint density at radius 2 is 2.00 bits per heavy atom. The monoisotopic (exact) mass is 325 g/mol. The summed E-state index contributed by atoms with van der Waals surface area (Å²) in [4.78, 5) is 4.49. The van der Waals surface area contributed by atoms with Gasteiger partial charge in [0.1, 0.15) is 5.75 Å². The Morgan fingerprint density at radius 3 is 2.87 bits per heavy atom. The molecule has 0 atom stereocenters. The zero-order valence-corrected chi connectivity index (χ0v) is 13.8. The van der Waals surface area contributed by atoms with Crippen molar-refractivity contribution in [3.63, 3.8) is 0 Å². The van der Waals surface area contributed by atoms with Crippen molar-refractivity contribution < 1.29 is 4.74 Å². The molecule has 0 spiro atoms. The van der Waals surface area contributed by atoms with Crippen molar-refractivity contribution in [3.05, 3.63) is 54.1 Å². The molecular formula is C18H19N3OS. The number of para-hydroxylation sites is 2. The fourth-order valence-electron chi connectivity index (χ4n) is 2.12. The van der Waals surface area contributed by atoms with Crippen molar-refractivity contribution in [2.24, 2.45) is 5.10 Å². The normalized spacial score (nSPS) is 11.2. The van der Waals surface area contributed by atoms with Crippen molar-refractivity contribution in [2.45, 2.75) is 19.8 Å². The summed E-state index contributed by atoms with van der Waals surface area (Å²) in [7, 11) is 0. The van der Waals surface area contributed by atoms with E-state index >= 15 is 0 Å². The number of ether oxygens (including phenoxy) is 1. The highest BCUT2D eigenvalue weighted by molar-refractivity contribution is 7.22. The molecule has 5 heteroatoms. The SMILES string of the molecule is CCCCOc1ccccc1/C=N\Nc1nc2ccccc2s1. The Labute approximate surface area is 139 Å². The van der Waals surface area contributed by atoms with Gasteiger partial charge in [-0.05, 0) is 30.7 Å². The highest BCUT2D eigenvalue weighted by atomic mass is 32.1. The smallest absolute Gasteiger partial charge is 0.204 e. The second-order valence-corrected chi connectivity index (χ2v) is 6.13. The third kappa shape index (κ3) is 4.07. The number of hydrazone groups is 1. The molecule has 23 heavy (non-hydrogen) atoms. The molecular weight excluding hydrogens is 306 g/mol. The topological polar surface area (TPSA) is 46.5 Å². The Hall–Kier alpha value is -2.40. The largest absolute Gasteiger partial charge is 0.493 e. The van der Waals surface area contributed by atoms with Gasteiger partial charge in [-0.15, -0.1) is 0 Å². The van der Waals surface area contributed by atoms with Gasteiger partial charge in [0.05, 0.1) is 23.0 Å². The van der Waals surface area contributed by atoms with E-state index in [1.165, 1.54) is 0 Å². The maximum atomic E-state index is 5.80. The minimum atomic E-state index is 0.729. The summed E-state index contributed by atoms with van der Waals surface area (Å²) in [5.74, 6) is 0.857. The first-order valence-electron chi connectivity index (χ1n) is 7.73. The van der Waals surface area contributed by atoms with Crippen LogP contribution in [0.4, 0.5) is 5.13 Å². The van der Waals surface area contributed by atoms with Crippen LogP contribution in [0.3, 0.4) is 0 Å². The summed E-state index contributed by atoms with van der Waals surface area (Å²) < 4.78 is 6.94. The van der Waals surface area contributed by atoms with Crippen LogP contribution in [-0.4, -0.2) is 17.8 Å². The van der Waals surface area contributed by atoms with Crippen LogP contribution in [-0.2, 0) is 0 Å². The molecule has 118 valence electrons. The van der Waals surface area contributed by atoms with Gasteiger partial charge in [-0.25, -0.2) is 4.98 Å². The first-order valence-corrected chi connectivity index (χ1v) is 8.55. The van der Waals surface area contributed by atoms with Gasteiger partial charge in [0.25, 0.3) is 0 Å². The van der Waals surface area contributed by atoms with E-state index in [1.54, 1.807) is 17.6 Å². The van der Waals surface area contributed by atoms with Gasteiger partial charge < -0.3 is 4.74 Å². The maximum absolute atomic E-state index is 5.80. The van der Waals surface area contributed by atoms with E-state index in [2.05, 4.69) is 28.5 Å². The minimum Gasteiger partial charge on any atom is -0.493 e. The number of benzene rings is 2. The van der Waals surface area contributed by atoms with Gasteiger partial charge in [-0.3, -0.25) is 5.43 Å². The molecule has 1 heterocycles. The van der Waals surface area contributed by atoms with Gasteiger partial charge in [0, 0.05) is 5.56 Å². The second kappa shape index (κ2) is 7.74. The molecule has 0 fully saturated rings. The third-order valence-corrected chi connectivity index (χ3v) is 4.27. The number of fused-ring (bicyclic) bond motifs is 1. The van der Waals surface area contributed by atoms with E-state index in [-0.39, 0.29) is 0 Å². The van der Waals surface area contributed by atoms with E-state index < -0.39 is 0 Å². The first-order chi connectivity index (χ1) is 11.4. The molecule has 1 aromatic heterocycles. The van der Waals surface area contributed by atoms with E-state index in [0.29, 0.717) is 0 Å². The van der Waals surface area contributed by atoms with Crippen molar-refractivity contribution in [3.8, 4) is 5.75 Å². The lowest BCUT2D eigenvalue weighted by molar-refractivity contribution is 0.309. The van der Waals surface area contributed by atoms with Gasteiger partial charge >= 0.3 is 0 Å². The predicted molar refractivity (Wildman–Crippen MR) is 97.7 cm³/mol. The van der Waals surface area contributed by atoms with Crippen LogP contribution in [0.5, 0.6) is 5.75 Å². The quantitative estimate of drug-likeness (QED) is 0.381. The summed E-state index contributed by atoms with van der Waals surface area (Å²) in [6.07, 6.45) is 3.94. The van der Waals surface area contributed by atoms with Crippen LogP contribution >= 0.6 is 11.3 Å². The predicted octanol–water partition coefficient (Wildman–Crippen LogP) is 4.92. The minimum absolute atomic E-state index is 0.729. The highest BCUT2D eigenvalue weighted by Gasteiger charge is 2.02. The molecule has 0 bridgehead atoms. The van der Waals surface area contributed by atoms with Gasteiger partial charge in [0.2, 0.25) is 5.13 Å². The van der Waals surface area contributed by atoms with Gasteiger partial charge in [0.15, 0.2) is 0 Å². The summed E-state index contributed by atoms with van der Waals surface area (Å²) in [6, 6.07) is 16.0. The summed E-state index contributed by atoms with van der Waals surface area (Å²) in [6.45, 7) is 2.88. The first kappa shape index (κ1) is 15.5. The van der Waals surface area contributed by atoms with E-state index in [9.17, 15) is 0 Å². The Kier molecular flexibility index (Phi) is 5.21. The molecule has 2 aromatic carbocycles. The number of hydrogen-bond donors (Lipinski definition) is 1. The average Bonchev–Trinajstić information content (AvgIpc) is 2.99. The molecule has 3 aromatic rings. The van der Waals surface area contributed by atoms with Crippen LogP contribution in [0.15, 0.2) is 53.6 Å². The number of unbranched alkanes of at least 4 members (excludes halogenated alkanes) is 1. The Morgan fingerprint density at radius 1 is 1.17 bits per heavy atom. The van der Waals surface area contributed by atoms with Crippen LogP contribution < -0.4 is 10.2 Å². The molecule has 0 aliphatic heterocycles. The van der Waals surface area contributed by atoms with Crippen molar-refractivity contribution in [1.29, 1.82) is 0 Å². The molecule has 1 N–H and O–H groups in total. The number of rotatable bonds is 7. The zero-order chi connectivity index (χ0) is 15.9. The van der Waals surface area contributed by atoms with Crippen molar-refractivity contribution >= 4 is 32.9 Å². The summed E-state index contributed by atoms with van der Waals surface area (Å²) in [5.41, 5.74) is 4.94. The molecule has 4 nitrogen and oxygen atoms in total. The van der Waals surface area contributed by atoms with E-state index in [4.69, 9.17) is 4.74 Å². The molecule has 0 unspecified atom stereocenters. The molecule has 0 radical (unpaired) electrons.